The van der Waals surface area contributed by atoms with Gasteiger partial charge in [0, 0.05) is 36.8 Å². The number of halogens is 1. The van der Waals surface area contributed by atoms with Gasteiger partial charge in [0.25, 0.3) is 5.91 Å². The van der Waals surface area contributed by atoms with Crippen LogP contribution in [-0.4, -0.2) is 56.3 Å². The molecule has 1 saturated heterocycles. The number of sulfonamides is 1. The molecule has 1 fully saturated rings. The number of carbonyl (C=O) groups is 1. The third kappa shape index (κ3) is 4.43. The molecule has 3 rings (SSSR count). The molecule has 1 amide bonds. The number of amides is 1. The quantitative estimate of drug-likeness (QED) is 0.762. The van der Waals surface area contributed by atoms with E-state index in [0.29, 0.717) is 36.0 Å². The second kappa shape index (κ2) is 8.29. The van der Waals surface area contributed by atoms with Gasteiger partial charge in [-0.15, -0.1) is 0 Å². The first kappa shape index (κ1) is 19.7. The van der Waals surface area contributed by atoms with Crippen molar-refractivity contribution in [2.24, 2.45) is 0 Å². The summed E-state index contributed by atoms with van der Waals surface area (Å²) in [5.74, 6) is 0.606. The topological polar surface area (TPSA) is 66.9 Å². The SMILES string of the molecule is CCOc1ccc(C(=O)N2CCN(S(=O)(=O)c3ccc(Cl)cc3)CC2)cc1. The predicted octanol–water partition coefficient (Wildman–Crippen LogP) is 2.89. The molecule has 1 heterocycles. The summed E-state index contributed by atoms with van der Waals surface area (Å²) < 4.78 is 32.2. The van der Waals surface area contributed by atoms with Gasteiger partial charge in [0.2, 0.25) is 10.0 Å². The van der Waals surface area contributed by atoms with Crippen LogP contribution in [0.5, 0.6) is 5.75 Å². The van der Waals surface area contributed by atoms with Crippen LogP contribution in [0.3, 0.4) is 0 Å². The number of rotatable bonds is 5. The number of hydrogen-bond acceptors (Lipinski definition) is 4. The molecule has 0 aromatic heterocycles. The molecular formula is C19H21ClN2O4S. The third-order valence-electron chi connectivity index (χ3n) is 4.39. The molecular weight excluding hydrogens is 388 g/mol. The molecule has 0 spiro atoms. The van der Waals surface area contributed by atoms with Crippen LogP contribution < -0.4 is 4.74 Å². The maximum Gasteiger partial charge on any atom is 0.253 e. The molecule has 0 saturated carbocycles. The normalized spacial score (nSPS) is 15.6. The third-order valence-corrected chi connectivity index (χ3v) is 6.55. The molecule has 2 aromatic carbocycles. The van der Waals surface area contributed by atoms with Crippen molar-refractivity contribution in [2.75, 3.05) is 32.8 Å². The zero-order chi connectivity index (χ0) is 19.4. The van der Waals surface area contributed by atoms with Crippen molar-refractivity contribution in [1.82, 2.24) is 9.21 Å². The molecule has 27 heavy (non-hydrogen) atoms. The molecule has 1 aliphatic rings. The second-order valence-corrected chi connectivity index (χ2v) is 8.48. The van der Waals surface area contributed by atoms with E-state index in [2.05, 4.69) is 0 Å². The first-order chi connectivity index (χ1) is 12.9. The van der Waals surface area contributed by atoms with Crippen LogP contribution in [-0.2, 0) is 10.0 Å². The van der Waals surface area contributed by atoms with Gasteiger partial charge in [-0.25, -0.2) is 8.42 Å². The molecule has 0 bridgehead atoms. The highest BCUT2D eigenvalue weighted by Crippen LogP contribution is 2.21. The largest absolute Gasteiger partial charge is 0.494 e. The molecule has 6 nitrogen and oxygen atoms in total. The van der Waals surface area contributed by atoms with Crippen LogP contribution >= 0.6 is 11.6 Å². The van der Waals surface area contributed by atoms with E-state index in [1.165, 1.54) is 16.4 Å². The number of carbonyl (C=O) groups excluding carboxylic acids is 1. The second-order valence-electron chi connectivity index (χ2n) is 6.11. The first-order valence-corrected chi connectivity index (χ1v) is 10.5. The lowest BCUT2D eigenvalue weighted by atomic mass is 10.2. The summed E-state index contributed by atoms with van der Waals surface area (Å²) in [4.78, 5) is 14.5. The van der Waals surface area contributed by atoms with Crippen molar-refractivity contribution in [2.45, 2.75) is 11.8 Å². The molecule has 1 aliphatic heterocycles. The zero-order valence-corrected chi connectivity index (χ0v) is 16.5. The Morgan fingerprint density at radius 1 is 1.00 bits per heavy atom. The van der Waals surface area contributed by atoms with Crippen molar-refractivity contribution in [3.8, 4) is 5.75 Å². The average molecular weight is 409 g/mol. The van der Waals surface area contributed by atoms with E-state index in [9.17, 15) is 13.2 Å². The minimum atomic E-state index is -3.58. The highest BCUT2D eigenvalue weighted by atomic mass is 35.5. The number of ether oxygens (including phenoxy) is 1. The Bertz CT molecular complexity index is 890. The van der Waals surface area contributed by atoms with E-state index in [-0.39, 0.29) is 23.9 Å². The summed E-state index contributed by atoms with van der Waals surface area (Å²) in [5, 5.41) is 0.486. The molecule has 2 aromatic rings. The van der Waals surface area contributed by atoms with Gasteiger partial charge in [0.15, 0.2) is 0 Å². The fourth-order valence-corrected chi connectivity index (χ4v) is 4.48. The summed E-state index contributed by atoms with van der Waals surface area (Å²) in [6, 6.07) is 13.1. The Balaban J connectivity index is 1.64. The minimum absolute atomic E-state index is 0.110. The van der Waals surface area contributed by atoms with Gasteiger partial charge in [-0.3, -0.25) is 4.79 Å². The van der Waals surface area contributed by atoms with Gasteiger partial charge >= 0.3 is 0 Å². The van der Waals surface area contributed by atoms with Crippen molar-refractivity contribution < 1.29 is 17.9 Å². The van der Waals surface area contributed by atoms with E-state index in [0.717, 1.165) is 0 Å². The van der Waals surface area contributed by atoms with E-state index in [1.807, 2.05) is 6.92 Å². The van der Waals surface area contributed by atoms with Crippen molar-refractivity contribution in [3.05, 3.63) is 59.1 Å². The molecule has 144 valence electrons. The molecule has 0 unspecified atom stereocenters. The Morgan fingerprint density at radius 3 is 2.15 bits per heavy atom. The highest BCUT2D eigenvalue weighted by molar-refractivity contribution is 7.89. The van der Waals surface area contributed by atoms with Crippen LogP contribution in [0.4, 0.5) is 0 Å². The van der Waals surface area contributed by atoms with E-state index in [1.54, 1.807) is 41.3 Å². The van der Waals surface area contributed by atoms with E-state index < -0.39 is 10.0 Å². The summed E-state index contributed by atoms with van der Waals surface area (Å²) >= 11 is 5.83. The maximum atomic E-state index is 12.7. The number of piperazine rings is 1. The van der Waals surface area contributed by atoms with Gasteiger partial charge in [-0.2, -0.15) is 4.31 Å². The Kier molecular flexibility index (Phi) is 6.04. The zero-order valence-electron chi connectivity index (χ0n) is 15.0. The molecule has 0 N–H and O–H groups in total. The monoisotopic (exact) mass is 408 g/mol. The van der Waals surface area contributed by atoms with Crippen LogP contribution in [0.15, 0.2) is 53.4 Å². The van der Waals surface area contributed by atoms with Gasteiger partial charge in [-0.1, -0.05) is 11.6 Å². The Hall–Kier alpha value is -2.09. The lowest BCUT2D eigenvalue weighted by Crippen LogP contribution is -2.50. The number of benzene rings is 2. The molecule has 0 aliphatic carbocycles. The van der Waals surface area contributed by atoms with Crippen LogP contribution in [0.25, 0.3) is 0 Å². The summed E-state index contributed by atoms with van der Waals surface area (Å²) in [7, 11) is -3.58. The molecule has 0 radical (unpaired) electrons. The van der Waals surface area contributed by atoms with Crippen molar-refractivity contribution in [1.29, 1.82) is 0 Å². The van der Waals surface area contributed by atoms with Crippen LogP contribution in [0, 0.1) is 0 Å². The highest BCUT2D eigenvalue weighted by Gasteiger charge is 2.30. The lowest BCUT2D eigenvalue weighted by Gasteiger charge is -2.34. The maximum absolute atomic E-state index is 12.7. The van der Waals surface area contributed by atoms with Gasteiger partial charge in [0.05, 0.1) is 11.5 Å². The first-order valence-electron chi connectivity index (χ1n) is 8.69. The van der Waals surface area contributed by atoms with Crippen molar-refractivity contribution >= 4 is 27.5 Å². The minimum Gasteiger partial charge on any atom is -0.494 e. The van der Waals surface area contributed by atoms with Crippen molar-refractivity contribution in [3.63, 3.8) is 0 Å². The lowest BCUT2D eigenvalue weighted by molar-refractivity contribution is 0.0698. The molecule has 0 atom stereocenters. The van der Waals surface area contributed by atoms with Crippen LogP contribution in [0.1, 0.15) is 17.3 Å². The molecule has 8 heteroatoms. The predicted molar refractivity (Wildman–Crippen MR) is 104 cm³/mol. The fraction of sp³-hybridized carbons (Fsp3) is 0.316. The number of nitrogens with zero attached hydrogens (tertiary/aromatic N) is 2. The van der Waals surface area contributed by atoms with Gasteiger partial charge < -0.3 is 9.64 Å². The summed E-state index contributed by atoms with van der Waals surface area (Å²) in [6.07, 6.45) is 0. The average Bonchev–Trinajstić information content (AvgIpc) is 2.69. The standard InChI is InChI=1S/C19H21ClN2O4S/c1-2-26-17-7-3-15(4-8-17)19(23)21-11-13-22(14-12-21)27(24,25)18-9-5-16(20)6-10-18/h3-10H,2,11-14H2,1H3. The number of hydrogen-bond donors (Lipinski definition) is 0. The van der Waals surface area contributed by atoms with E-state index >= 15 is 0 Å². The Morgan fingerprint density at radius 2 is 1.59 bits per heavy atom. The van der Waals surface area contributed by atoms with Crippen LogP contribution in [0.2, 0.25) is 5.02 Å². The van der Waals surface area contributed by atoms with Gasteiger partial charge in [0.1, 0.15) is 5.75 Å². The summed E-state index contributed by atoms with van der Waals surface area (Å²) in [6.45, 7) is 3.67. The van der Waals surface area contributed by atoms with Gasteiger partial charge in [-0.05, 0) is 55.5 Å². The smallest absolute Gasteiger partial charge is 0.253 e. The summed E-state index contributed by atoms with van der Waals surface area (Å²) in [5.41, 5.74) is 0.562. The fourth-order valence-electron chi connectivity index (χ4n) is 2.93. The van der Waals surface area contributed by atoms with E-state index in [4.69, 9.17) is 16.3 Å². The Labute approximate surface area is 164 Å².